The van der Waals surface area contributed by atoms with E-state index in [-0.39, 0.29) is 5.54 Å². The molecule has 2 aromatic rings. The summed E-state index contributed by atoms with van der Waals surface area (Å²) in [6.07, 6.45) is 1.79. The van der Waals surface area contributed by atoms with Crippen LogP contribution in [-0.2, 0) is 5.54 Å². The van der Waals surface area contributed by atoms with Crippen LogP contribution in [0.15, 0.2) is 34.2 Å². The van der Waals surface area contributed by atoms with Crippen LogP contribution in [0, 0.1) is 11.3 Å². The molecule has 0 saturated carbocycles. The van der Waals surface area contributed by atoms with Gasteiger partial charge in [-0.05, 0) is 41.9 Å². The number of halogens is 1. The molecule has 0 fully saturated rings. The zero-order chi connectivity index (χ0) is 13.2. The molecule has 0 unspecified atom stereocenters. The molecule has 1 aromatic heterocycles. The molecule has 0 spiro atoms. The number of nitriles is 1. The van der Waals surface area contributed by atoms with Crippen molar-refractivity contribution >= 4 is 33.0 Å². The van der Waals surface area contributed by atoms with E-state index < -0.39 is 0 Å². The first-order valence-corrected chi connectivity index (χ1v) is 7.08. The van der Waals surface area contributed by atoms with Gasteiger partial charge in [0.1, 0.15) is 11.1 Å². The second kappa shape index (κ2) is 5.09. The lowest BCUT2D eigenvalue weighted by Crippen LogP contribution is -2.28. The highest BCUT2D eigenvalue weighted by Gasteiger charge is 2.24. The average molecular weight is 322 g/mol. The maximum absolute atomic E-state index is 9.19. The first-order valence-electron chi connectivity index (χ1n) is 5.41. The van der Waals surface area contributed by atoms with Gasteiger partial charge in [0, 0.05) is 16.0 Å². The molecule has 0 aliphatic rings. The summed E-state index contributed by atoms with van der Waals surface area (Å²) >= 11 is 4.99. The Bertz CT molecular complexity index is 585. The van der Waals surface area contributed by atoms with Crippen LogP contribution in [0.1, 0.15) is 24.4 Å². The zero-order valence-corrected chi connectivity index (χ0v) is 12.5. The monoisotopic (exact) mass is 321 g/mol. The predicted molar refractivity (Wildman–Crippen MR) is 77.6 cm³/mol. The maximum Gasteiger partial charge on any atom is 0.117 e. The standard InChI is InChI=1S/C13H12BrN3S/c1-13(2,12-16-6-7-18-12)17-11-5-3-4-10(14)9(11)8-15/h3-7,17H,1-2H3. The molecular weight excluding hydrogens is 310 g/mol. The van der Waals surface area contributed by atoms with Gasteiger partial charge in [-0.15, -0.1) is 11.3 Å². The van der Waals surface area contributed by atoms with Crippen LogP contribution in [0.2, 0.25) is 0 Å². The Hall–Kier alpha value is -1.38. The highest BCUT2D eigenvalue weighted by atomic mass is 79.9. The lowest BCUT2D eigenvalue weighted by Gasteiger charge is -2.26. The van der Waals surface area contributed by atoms with E-state index in [4.69, 9.17) is 0 Å². The van der Waals surface area contributed by atoms with Crippen LogP contribution in [0.25, 0.3) is 0 Å². The Morgan fingerprint density at radius 2 is 2.22 bits per heavy atom. The molecule has 1 N–H and O–H groups in total. The lowest BCUT2D eigenvalue weighted by molar-refractivity contribution is 0.604. The first-order chi connectivity index (χ1) is 8.54. The van der Waals surface area contributed by atoms with Gasteiger partial charge < -0.3 is 5.32 Å². The molecule has 0 saturated heterocycles. The number of hydrogen-bond donors (Lipinski definition) is 1. The van der Waals surface area contributed by atoms with Gasteiger partial charge in [0.2, 0.25) is 0 Å². The van der Waals surface area contributed by atoms with Crippen molar-refractivity contribution in [2.45, 2.75) is 19.4 Å². The summed E-state index contributed by atoms with van der Waals surface area (Å²) in [6, 6.07) is 7.88. The quantitative estimate of drug-likeness (QED) is 0.924. The number of hydrogen-bond acceptors (Lipinski definition) is 4. The fourth-order valence-corrected chi connectivity index (χ4v) is 2.84. The molecule has 92 valence electrons. The second-order valence-electron chi connectivity index (χ2n) is 4.36. The average Bonchev–Trinajstić information content (AvgIpc) is 2.83. The van der Waals surface area contributed by atoms with Gasteiger partial charge in [0.25, 0.3) is 0 Å². The lowest BCUT2D eigenvalue weighted by atomic mass is 10.0. The summed E-state index contributed by atoms with van der Waals surface area (Å²) < 4.78 is 0.796. The molecule has 1 heterocycles. The summed E-state index contributed by atoms with van der Waals surface area (Å²) in [5.74, 6) is 0. The van der Waals surface area contributed by atoms with E-state index in [0.717, 1.165) is 15.2 Å². The molecule has 18 heavy (non-hydrogen) atoms. The van der Waals surface area contributed by atoms with E-state index in [1.165, 1.54) is 0 Å². The van der Waals surface area contributed by atoms with E-state index in [9.17, 15) is 5.26 Å². The molecule has 0 atom stereocenters. The number of aromatic nitrogens is 1. The van der Waals surface area contributed by atoms with E-state index >= 15 is 0 Å². The molecule has 0 radical (unpaired) electrons. The summed E-state index contributed by atoms with van der Waals surface area (Å²) in [6.45, 7) is 4.10. The molecule has 0 aliphatic heterocycles. The van der Waals surface area contributed by atoms with Gasteiger partial charge in [0.15, 0.2) is 0 Å². The zero-order valence-electron chi connectivity index (χ0n) is 10.1. The second-order valence-corrected chi connectivity index (χ2v) is 6.11. The van der Waals surface area contributed by atoms with Crippen LogP contribution < -0.4 is 5.32 Å². The van der Waals surface area contributed by atoms with Crippen molar-refractivity contribution in [1.82, 2.24) is 4.98 Å². The topological polar surface area (TPSA) is 48.7 Å². The van der Waals surface area contributed by atoms with Gasteiger partial charge in [-0.25, -0.2) is 4.98 Å². The van der Waals surface area contributed by atoms with Crippen molar-refractivity contribution in [2.24, 2.45) is 0 Å². The summed E-state index contributed by atoms with van der Waals surface area (Å²) in [7, 11) is 0. The molecule has 0 aliphatic carbocycles. The highest BCUT2D eigenvalue weighted by Crippen LogP contribution is 2.31. The third kappa shape index (κ3) is 2.55. The van der Waals surface area contributed by atoms with Crippen LogP contribution in [0.3, 0.4) is 0 Å². The minimum atomic E-state index is -0.305. The van der Waals surface area contributed by atoms with Gasteiger partial charge in [-0.1, -0.05) is 6.07 Å². The predicted octanol–water partition coefficient (Wildman–Crippen LogP) is 4.12. The maximum atomic E-state index is 9.19. The Morgan fingerprint density at radius 1 is 1.44 bits per heavy atom. The van der Waals surface area contributed by atoms with E-state index in [2.05, 4.69) is 32.3 Å². The highest BCUT2D eigenvalue weighted by molar-refractivity contribution is 9.10. The largest absolute Gasteiger partial charge is 0.373 e. The summed E-state index contributed by atoms with van der Waals surface area (Å²) in [5.41, 5.74) is 1.12. The molecule has 1 aromatic carbocycles. The molecule has 0 amide bonds. The Kier molecular flexibility index (Phi) is 3.69. The van der Waals surface area contributed by atoms with Gasteiger partial charge >= 0.3 is 0 Å². The molecule has 3 nitrogen and oxygen atoms in total. The van der Waals surface area contributed by atoms with Crippen molar-refractivity contribution in [1.29, 1.82) is 5.26 Å². The van der Waals surface area contributed by atoms with Gasteiger partial charge in [-0.3, -0.25) is 0 Å². The number of nitrogens with one attached hydrogen (secondary N) is 1. The third-order valence-corrected chi connectivity index (χ3v) is 4.30. The number of benzene rings is 1. The van der Waals surface area contributed by atoms with E-state index in [1.807, 2.05) is 37.4 Å². The molecular formula is C13H12BrN3S. The van der Waals surface area contributed by atoms with Crippen LogP contribution in [0.4, 0.5) is 5.69 Å². The fourth-order valence-electron chi connectivity index (χ4n) is 1.66. The van der Waals surface area contributed by atoms with Gasteiger partial charge in [-0.2, -0.15) is 5.26 Å². The van der Waals surface area contributed by atoms with Crippen molar-refractivity contribution < 1.29 is 0 Å². The summed E-state index contributed by atoms with van der Waals surface area (Å²) in [4.78, 5) is 4.32. The van der Waals surface area contributed by atoms with E-state index in [0.29, 0.717) is 5.56 Å². The van der Waals surface area contributed by atoms with Crippen LogP contribution in [0.5, 0.6) is 0 Å². The van der Waals surface area contributed by atoms with Crippen molar-refractivity contribution in [2.75, 3.05) is 5.32 Å². The number of rotatable bonds is 3. The van der Waals surface area contributed by atoms with Crippen molar-refractivity contribution in [3.63, 3.8) is 0 Å². The number of nitrogens with zero attached hydrogens (tertiary/aromatic N) is 2. The molecule has 0 bridgehead atoms. The smallest absolute Gasteiger partial charge is 0.117 e. The number of thiazole rings is 1. The first kappa shape index (κ1) is 13.1. The fraction of sp³-hybridized carbons (Fsp3) is 0.231. The molecule has 2 rings (SSSR count). The normalized spacial score (nSPS) is 11.0. The Balaban J connectivity index is 2.36. The Labute approximate surface area is 119 Å². The minimum Gasteiger partial charge on any atom is -0.373 e. The SMILES string of the molecule is CC(C)(Nc1cccc(Br)c1C#N)c1nccs1. The third-order valence-electron chi connectivity index (χ3n) is 2.54. The van der Waals surface area contributed by atoms with Crippen LogP contribution >= 0.6 is 27.3 Å². The number of anilines is 1. The minimum absolute atomic E-state index is 0.305. The van der Waals surface area contributed by atoms with E-state index in [1.54, 1.807) is 17.5 Å². The van der Waals surface area contributed by atoms with Crippen molar-refractivity contribution in [3.8, 4) is 6.07 Å². The van der Waals surface area contributed by atoms with Crippen LogP contribution in [-0.4, -0.2) is 4.98 Å². The van der Waals surface area contributed by atoms with Crippen molar-refractivity contribution in [3.05, 3.63) is 44.8 Å². The molecule has 5 heteroatoms. The summed E-state index contributed by atoms with van der Waals surface area (Å²) in [5, 5.41) is 15.5. The van der Waals surface area contributed by atoms with Gasteiger partial charge in [0.05, 0.1) is 16.8 Å². The Morgan fingerprint density at radius 3 is 2.83 bits per heavy atom.